The van der Waals surface area contributed by atoms with Crippen molar-refractivity contribution >= 4 is 28.4 Å². The molecule has 0 aliphatic carbocycles. The quantitative estimate of drug-likeness (QED) is 0.601. The maximum absolute atomic E-state index is 12.2. The molecule has 0 saturated heterocycles. The number of halogens is 1. The topological polar surface area (TPSA) is 56.9 Å². The molecule has 6 heteroatoms. The van der Waals surface area contributed by atoms with Crippen molar-refractivity contribution in [3.05, 3.63) is 49.7 Å². The van der Waals surface area contributed by atoms with Crippen molar-refractivity contribution in [2.45, 2.75) is 32.4 Å². The molecule has 0 atom stereocenters. The summed E-state index contributed by atoms with van der Waals surface area (Å²) < 4.78 is 4.06. The molecule has 0 fully saturated rings. The summed E-state index contributed by atoms with van der Waals surface area (Å²) in [6, 6.07) is 7.33. The zero-order valence-corrected chi connectivity index (χ0v) is 13.0. The van der Waals surface area contributed by atoms with Crippen molar-refractivity contribution in [1.82, 2.24) is 14.3 Å². The van der Waals surface area contributed by atoms with Gasteiger partial charge in [-0.05, 0) is 47.6 Å². The molecule has 0 spiro atoms. The fourth-order valence-electron chi connectivity index (χ4n) is 2.41. The molecular weight excluding hydrogens is 369 g/mol. The average molecular weight is 383 g/mol. The fourth-order valence-corrected chi connectivity index (χ4v) is 2.77. The molecule has 1 aromatic carbocycles. The number of Topliss-reactive ketones (excluding diaryl/α,β-unsaturated/α-hetero) is 1. The first-order valence-electron chi connectivity index (χ1n) is 6.60. The largest absolute Gasteiger partial charge is 0.346 e. The third kappa shape index (κ3) is 2.56. The number of hydrogen-bond acceptors (Lipinski definition) is 3. The summed E-state index contributed by atoms with van der Waals surface area (Å²) in [4.78, 5) is 24.3. The Morgan fingerprint density at radius 2 is 2.00 bits per heavy atom. The molecule has 0 amide bonds. The number of aromatic nitrogens is 3. The van der Waals surface area contributed by atoms with Crippen LogP contribution in [0.3, 0.4) is 0 Å². The molecule has 0 unspecified atom stereocenters. The highest BCUT2D eigenvalue weighted by Gasteiger charge is 2.18. The van der Waals surface area contributed by atoms with Crippen molar-refractivity contribution in [2.24, 2.45) is 0 Å². The Kier molecular flexibility index (Phi) is 3.73. The predicted octanol–water partition coefficient (Wildman–Crippen LogP) is 1.87. The number of carbonyl (C=O) groups excluding carboxylic acids is 1. The molecule has 104 valence electrons. The average Bonchev–Trinajstić information content (AvgIpc) is 2.77. The zero-order chi connectivity index (χ0) is 14.1. The number of nitrogens with zero attached hydrogens (tertiary/aromatic N) is 3. The summed E-state index contributed by atoms with van der Waals surface area (Å²) in [5, 5.41) is 4.28. The van der Waals surface area contributed by atoms with E-state index < -0.39 is 0 Å². The monoisotopic (exact) mass is 383 g/mol. The summed E-state index contributed by atoms with van der Waals surface area (Å²) >= 11 is 2.19. The van der Waals surface area contributed by atoms with Crippen molar-refractivity contribution < 1.29 is 4.79 Å². The lowest BCUT2D eigenvalue weighted by Gasteiger charge is -2.09. The first kappa shape index (κ1) is 13.5. The lowest BCUT2D eigenvalue weighted by molar-refractivity contribution is 0.0966. The minimum absolute atomic E-state index is 0.0133. The Morgan fingerprint density at radius 1 is 1.25 bits per heavy atom. The van der Waals surface area contributed by atoms with Crippen LogP contribution >= 0.6 is 22.6 Å². The number of rotatable bonds is 3. The standard InChI is InChI=1S/C14H14IN3O2/c15-11-6-4-10(5-7-11)12(19)9-18-14(20)17-8-2-1-3-13(17)16-18/h4-7H,1-3,8-9H2. The normalized spacial score (nSPS) is 14.1. The number of fused-ring (bicyclic) bond motifs is 1. The Balaban J connectivity index is 1.84. The maximum Gasteiger partial charge on any atom is 0.346 e. The molecule has 0 radical (unpaired) electrons. The maximum atomic E-state index is 12.2. The van der Waals surface area contributed by atoms with E-state index >= 15 is 0 Å². The molecule has 2 heterocycles. The van der Waals surface area contributed by atoms with Gasteiger partial charge in [-0.15, -0.1) is 0 Å². The second kappa shape index (κ2) is 5.51. The minimum atomic E-state index is -0.168. The first-order chi connectivity index (χ1) is 9.65. The van der Waals surface area contributed by atoms with Crippen LogP contribution in [0.25, 0.3) is 0 Å². The van der Waals surface area contributed by atoms with Gasteiger partial charge in [0, 0.05) is 22.1 Å². The SMILES string of the molecule is O=C(Cn1nc2n(c1=O)CCCC2)c1ccc(I)cc1. The highest BCUT2D eigenvalue weighted by atomic mass is 127. The molecule has 1 aliphatic heterocycles. The molecule has 1 aromatic heterocycles. The molecule has 0 N–H and O–H groups in total. The predicted molar refractivity (Wildman–Crippen MR) is 82.9 cm³/mol. The Hall–Kier alpha value is -1.44. The number of aryl methyl sites for hydroxylation is 1. The lowest BCUT2D eigenvalue weighted by Crippen LogP contribution is -2.29. The van der Waals surface area contributed by atoms with Crippen molar-refractivity contribution in [3.8, 4) is 0 Å². The summed E-state index contributed by atoms with van der Waals surface area (Å²) in [5.41, 5.74) is 0.446. The van der Waals surface area contributed by atoms with Gasteiger partial charge >= 0.3 is 5.69 Å². The van der Waals surface area contributed by atoms with E-state index in [0.29, 0.717) is 12.1 Å². The first-order valence-corrected chi connectivity index (χ1v) is 7.68. The molecule has 3 rings (SSSR count). The van der Waals surface area contributed by atoms with Crippen molar-refractivity contribution in [1.29, 1.82) is 0 Å². The highest BCUT2D eigenvalue weighted by Crippen LogP contribution is 2.11. The van der Waals surface area contributed by atoms with Gasteiger partial charge in [0.05, 0.1) is 0 Å². The van der Waals surface area contributed by atoms with Gasteiger partial charge in [0.1, 0.15) is 12.4 Å². The highest BCUT2D eigenvalue weighted by molar-refractivity contribution is 14.1. The second-order valence-corrected chi connectivity index (χ2v) is 6.14. The second-order valence-electron chi connectivity index (χ2n) is 4.90. The third-order valence-electron chi connectivity index (χ3n) is 3.49. The number of carbonyl (C=O) groups is 1. The zero-order valence-electron chi connectivity index (χ0n) is 10.9. The van der Waals surface area contributed by atoms with E-state index in [1.54, 1.807) is 16.7 Å². The van der Waals surface area contributed by atoms with Crippen LogP contribution in [0, 0.1) is 3.57 Å². The van der Waals surface area contributed by atoms with E-state index in [1.807, 2.05) is 12.1 Å². The number of ketones is 1. The van der Waals surface area contributed by atoms with Crippen molar-refractivity contribution in [3.63, 3.8) is 0 Å². The molecular formula is C14H14IN3O2. The van der Waals surface area contributed by atoms with Crippen LogP contribution in [0.1, 0.15) is 29.0 Å². The van der Waals surface area contributed by atoms with Crippen LogP contribution < -0.4 is 5.69 Å². The Labute approximate surface area is 129 Å². The van der Waals surface area contributed by atoms with E-state index in [4.69, 9.17) is 0 Å². The van der Waals surface area contributed by atoms with Crippen molar-refractivity contribution in [2.75, 3.05) is 0 Å². The van der Waals surface area contributed by atoms with Gasteiger partial charge in [-0.1, -0.05) is 12.1 Å². The van der Waals surface area contributed by atoms with Gasteiger partial charge < -0.3 is 0 Å². The van der Waals surface area contributed by atoms with E-state index in [9.17, 15) is 9.59 Å². The molecule has 0 saturated carbocycles. The molecule has 0 bridgehead atoms. The van der Waals surface area contributed by atoms with Gasteiger partial charge in [0.2, 0.25) is 0 Å². The lowest BCUT2D eigenvalue weighted by atomic mass is 10.1. The summed E-state index contributed by atoms with van der Waals surface area (Å²) in [7, 11) is 0. The van der Waals surface area contributed by atoms with Gasteiger partial charge in [-0.25, -0.2) is 9.48 Å². The molecule has 2 aromatic rings. The van der Waals surface area contributed by atoms with Gasteiger partial charge in [0.15, 0.2) is 5.78 Å². The summed E-state index contributed by atoms with van der Waals surface area (Å²) in [5.74, 6) is 0.718. The van der Waals surface area contributed by atoms with E-state index in [0.717, 1.165) is 28.7 Å². The molecule has 20 heavy (non-hydrogen) atoms. The van der Waals surface area contributed by atoms with Crippen LogP contribution in [0.2, 0.25) is 0 Å². The Morgan fingerprint density at radius 3 is 2.70 bits per heavy atom. The van der Waals surface area contributed by atoms with Crippen LogP contribution in [0.4, 0.5) is 0 Å². The van der Waals surface area contributed by atoms with Gasteiger partial charge in [-0.3, -0.25) is 9.36 Å². The van der Waals surface area contributed by atoms with E-state index in [1.165, 1.54) is 4.68 Å². The van der Waals surface area contributed by atoms with E-state index in [-0.39, 0.29) is 18.0 Å². The third-order valence-corrected chi connectivity index (χ3v) is 4.21. The minimum Gasteiger partial charge on any atom is -0.292 e. The summed E-state index contributed by atoms with van der Waals surface area (Å²) in [6.45, 7) is 0.727. The van der Waals surface area contributed by atoms with Crippen LogP contribution in [-0.2, 0) is 19.5 Å². The fraction of sp³-hybridized carbons (Fsp3) is 0.357. The molecule has 1 aliphatic rings. The molecule has 5 nitrogen and oxygen atoms in total. The number of hydrogen-bond donors (Lipinski definition) is 0. The number of benzene rings is 1. The Bertz CT molecular complexity index is 700. The van der Waals surface area contributed by atoms with Crippen LogP contribution in [-0.4, -0.2) is 20.1 Å². The van der Waals surface area contributed by atoms with Crippen LogP contribution in [0.15, 0.2) is 29.1 Å². The smallest absolute Gasteiger partial charge is 0.292 e. The summed E-state index contributed by atoms with van der Waals surface area (Å²) in [6.07, 6.45) is 2.88. The van der Waals surface area contributed by atoms with Gasteiger partial charge in [-0.2, -0.15) is 5.10 Å². The van der Waals surface area contributed by atoms with Crippen LogP contribution in [0.5, 0.6) is 0 Å². The van der Waals surface area contributed by atoms with E-state index in [2.05, 4.69) is 27.7 Å². The van der Waals surface area contributed by atoms with Gasteiger partial charge in [0.25, 0.3) is 0 Å².